The fraction of sp³-hybridized carbons (Fsp3) is 1.00. The Morgan fingerprint density at radius 2 is 1.75 bits per heavy atom. The second-order valence-electron chi connectivity index (χ2n) is 3.58. The summed E-state index contributed by atoms with van der Waals surface area (Å²) in [6, 6.07) is 0. The highest BCUT2D eigenvalue weighted by atomic mass is 16.3. The van der Waals surface area contributed by atoms with Gasteiger partial charge in [0.2, 0.25) is 0 Å². The van der Waals surface area contributed by atoms with Gasteiger partial charge in [0.1, 0.15) is 0 Å². The predicted octanol–water partition coefficient (Wildman–Crippen LogP) is 1.95. The van der Waals surface area contributed by atoms with Crippen LogP contribution < -0.4 is 0 Å². The lowest BCUT2D eigenvalue weighted by atomic mass is 9.81. The fourth-order valence-corrected chi connectivity index (χ4v) is 1.61. The summed E-state index contributed by atoms with van der Waals surface area (Å²) in [6.07, 6.45) is 3.31. The van der Waals surface area contributed by atoms with Crippen LogP contribution in [0.5, 0.6) is 0 Å². The van der Waals surface area contributed by atoms with E-state index < -0.39 is 5.60 Å². The van der Waals surface area contributed by atoms with E-state index in [0.29, 0.717) is 5.92 Å². The van der Waals surface area contributed by atoms with Crippen LogP contribution in [0, 0.1) is 5.92 Å². The van der Waals surface area contributed by atoms with Crippen LogP contribution in [0.1, 0.15) is 46.5 Å². The SMILES string of the molecule is CCC(O)(CC)C(C)CCCO. The van der Waals surface area contributed by atoms with Gasteiger partial charge in [-0.1, -0.05) is 20.8 Å². The zero-order valence-corrected chi connectivity index (χ0v) is 8.51. The minimum Gasteiger partial charge on any atom is -0.396 e. The molecule has 74 valence electrons. The average Bonchev–Trinajstić information content (AvgIpc) is 2.12. The molecule has 0 spiro atoms. The van der Waals surface area contributed by atoms with Gasteiger partial charge < -0.3 is 10.2 Å². The van der Waals surface area contributed by atoms with Gasteiger partial charge in [-0.3, -0.25) is 0 Å². The summed E-state index contributed by atoms with van der Waals surface area (Å²) in [5, 5.41) is 18.7. The summed E-state index contributed by atoms with van der Waals surface area (Å²) in [5.41, 5.74) is -0.519. The van der Waals surface area contributed by atoms with E-state index in [4.69, 9.17) is 5.11 Å². The molecule has 1 unspecified atom stereocenters. The quantitative estimate of drug-likeness (QED) is 0.646. The molecule has 0 amide bonds. The Kier molecular flexibility index (Phi) is 5.51. The van der Waals surface area contributed by atoms with E-state index in [-0.39, 0.29) is 6.61 Å². The van der Waals surface area contributed by atoms with Crippen LogP contribution in [-0.4, -0.2) is 22.4 Å². The molecule has 0 rings (SSSR count). The number of aliphatic hydroxyl groups excluding tert-OH is 1. The van der Waals surface area contributed by atoms with E-state index >= 15 is 0 Å². The Balaban J connectivity index is 3.93. The first kappa shape index (κ1) is 11.9. The van der Waals surface area contributed by atoms with Crippen molar-refractivity contribution in [1.82, 2.24) is 0 Å². The van der Waals surface area contributed by atoms with E-state index in [9.17, 15) is 5.11 Å². The molecule has 2 nitrogen and oxygen atoms in total. The van der Waals surface area contributed by atoms with Crippen molar-refractivity contribution in [3.05, 3.63) is 0 Å². The van der Waals surface area contributed by atoms with Gasteiger partial charge in [-0.25, -0.2) is 0 Å². The minimum atomic E-state index is -0.519. The summed E-state index contributed by atoms with van der Waals surface area (Å²) in [6.45, 7) is 6.31. The molecule has 0 radical (unpaired) electrons. The summed E-state index contributed by atoms with van der Waals surface area (Å²) in [7, 11) is 0. The zero-order chi connectivity index (χ0) is 9.61. The topological polar surface area (TPSA) is 40.5 Å². The van der Waals surface area contributed by atoms with Gasteiger partial charge >= 0.3 is 0 Å². The Labute approximate surface area is 75.6 Å². The summed E-state index contributed by atoms with van der Waals surface area (Å²) in [5.74, 6) is 0.291. The molecule has 0 aromatic rings. The third kappa shape index (κ3) is 3.11. The third-order valence-corrected chi connectivity index (χ3v) is 2.94. The maximum atomic E-state index is 10.0. The Morgan fingerprint density at radius 3 is 2.08 bits per heavy atom. The molecule has 0 aliphatic rings. The second-order valence-corrected chi connectivity index (χ2v) is 3.58. The van der Waals surface area contributed by atoms with E-state index in [1.165, 1.54) is 0 Å². The van der Waals surface area contributed by atoms with Crippen molar-refractivity contribution in [3.63, 3.8) is 0 Å². The molecule has 0 aliphatic heterocycles. The average molecular weight is 174 g/mol. The number of hydrogen-bond donors (Lipinski definition) is 2. The van der Waals surface area contributed by atoms with Crippen LogP contribution in [0.2, 0.25) is 0 Å². The van der Waals surface area contributed by atoms with Gasteiger partial charge in [-0.05, 0) is 31.6 Å². The summed E-state index contributed by atoms with van der Waals surface area (Å²) in [4.78, 5) is 0. The standard InChI is InChI=1S/C10H22O2/c1-4-10(12,5-2)9(3)7-6-8-11/h9,11-12H,4-8H2,1-3H3. The van der Waals surface area contributed by atoms with Crippen LogP contribution >= 0.6 is 0 Å². The van der Waals surface area contributed by atoms with Crippen molar-refractivity contribution in [2.24, 2.45) is 5.92 Å². The van der Waals surface area contributed by atoms with Crippen molar-refractivity contribution in [1.29, 1.82) is 0 Å². The van der Waals surface area contributed by atoms with Crippen molar-refractivity contribution < 1.29 is 10.2 Å². The van der Waals surface area contributed by atoms with E-state index in [1.807, 2.05) is 13.8 Å². The van der Waals surface area contributed by atoms with E-state index in [2.05, 4.69) is 6.92 Å². The molecule has 0 heterocycles. The lowest BCUT2D eigenvalue weighted by Crippen LogP contribution is -2.34. The smallest absolute Gasteiger partial charge is 0.0668 e. The van der Waals surface area contributed by atoms with Crippen LogP contribution in [0.25, 0.3) is 0 Å². The van der Waals surface area contributed by atoms with Gasteiger partial charge in [-0.15, -0.1) is 0 Å². The molecular formula is C10H22O2. The van der Waals surface area contributed by atoms with Gasteiger partial charge in [0.15, 0.2) is 0 Å². The van der Waals surface area contributed by atoms with Gasteiger partial charge in [0.05, 0.1) is 5.60 Å². The molecule has 2 N–H and O–H groups in total. The van der Waals surface area contributed by atoms with Crippen LogP contribution in [0.15, 0.2) is 0 Å². The number of aliphatic hydroxyl groups is 2. The van der Waals surface area contributed by atoms with Gasteiger partial charge in [-0.2, -0.15) is 0 Å². The Bertz CT molecular complexity index is 108. The lowest BCUT2D eigenvalue weighted by Gasteiger charge is -2.32. The first-order valence-electron chi connectivity index (χ1n) is 4.94. The molecule has 0 fully saturated rings. The molecule has 2 heteroatoms. The van der Waals surface area contributed by atoms with Crippen molar-refractivity contribution in [2.75, 3.05) is 6.61 Å². The minimum absolute atomic E-state index is 0.230. The van der Waals surface area contributed by atoms with Crippen molar-refractivity contribution in [2.45, 2.75) is 52.1 Å². The van der Waals surface area contributed by atoms with Gasteiger partial charge in [0, 0.05) is 6.61 Å². The normalized spacial score (nSPS) is 14.8. The van der Waals surface area contributed by atoms with Crippen molar-refractivity contribution in [3.8, 4) is 0 Å². The lowest BCUT2D eigenvalue weighted by molar-refractivity contribution is -0.0237. The largest absolute Gasteiger partial charge is 0.396 e. The predicted molar refractivity (Wildman–Crippen MR) is 51.0 cm³/mol. The molecule has 0 aromatic carbocycles. The maximum absolute atomic E-state index is 10.0. The highest BCUT2D eigenvalue weighted by Gasteiger charge is 2.28. The maximum Gasteiger partial charge on any atom is 0.0668 e. The molecule has 1 atom stereocenters. The van der Waals surface area contributed by atoms with E-state index in [0.717, 1.165) is 25.7 Å². The number of rotatable bonds is 6. The fourth-order valence-electron chi connectivity index (χ4n) is 1.61. The molecule has 0 aromatic heterocycles. The molecular weight excluding hydrogens is 152 g/mol. The van der Waals surface area contributed by atoms with E-state index in [1.54, 1.807) is 0 Å². The Morgan fingerprint density at radius 1 is 1.25 bits per heavy atom. The second kappa shape index (κ2) is 5.55. The van der Waals surface area contributed by atoms with Crippen LogP contribution in [0.3, 0.4) is 0 Å². The van der Waals surface area contributed by atoms with Gasteiger partial charge in [0.25, 0.3) is 0 Å². The highest BCUT2D eigenvalue weighted by molar-refractivity contribution is 4.80. The van der Waals surface area contributed by atoms with Crippen LogP contribution in [0.4, 0.5) is 0 Å². The molecule has 0 saturated heterocycles. The third-order valence-electron chi connectivity index (χ3n) is 2.94. The first-order valence-corrected chi connectivity index (χ1v) is 4.94. The zero-order valence-electron chi connectivity index (χ0n) is 8.51. The highest BCUT2D eigenvalue weighted by Crippen LogP contribution is 2.28. The Hall–Kier alpha value is -0.0800. The summed E-state index contributed by atoms with van der Waals surface area (Å²) >= 11 is 0. The molecule has 12 heavy (non-hydrogen) atoms. The monoisotopic (exact) mass is 174 g/mol. The molecule has 0 aliphatic carbocycles. The van der Waals surface area contributed by atoms with Crippen molar-refractivity contribution >= 4 is 0 Å². The summed E-state index contributed by atoms with van der Waals surface area (Å²) < 4.78 is 0. The molecule has 0 saturated carbocycles. The first-order chi connectivity index (χ1) is 5.60. The molecule has 0 bridgehead atoms. The van der Waals surface area contributed by atoms with Crippen LogP contribution in [-0.2, 0) is 0 Å². The number of hydrogen-bond acceptors (Lipinski definition) is 2.